The molecule has 0 radical (unpaired) electrons. The molecule has 20 heavy (non-hydrogen) atoms. The highest BCUT2D eigenvalue weighted by Crippen LogP contribution is 2.30. The van der Waals surface area contributed by atoms with Crippen molar-refractivity contribution in [2.75, 3.05) is 6.54 Å². The zero-order chi connectivity index (χ0) is 14.9. The molecule has 0 N–H and O–H groups in total. The number of rotatable bonds is 3. The summed E-state index contributed by atoms with van der Waals surface area (Å²) in [5, 5.41) is 5.25. The summed E-state index contributed by atoms with van der Waals surface area (Å²) in [5.41, 5.74) is -0.442. The largest absolute Gasteiger partial charge is 0.416 e. The van der Waals surface area contributed by atoms with Gasteiger partial charge in [-0.3, -0.25) is 4.79 Å². The Kier molecular flexibility index (Phi) is 3.78. The van der Waals surface area contributed by atoms with Crippen LogP contribution in [0.15, 0.2) is 23.3 Å². The number of nitrogens with zero attached hydrogens (tertiary/aromatic N) is 2. The summed E-state index contributed by atoms with van der Waals surface area (Å²) in [4.78, 5) is 11.5. The maximum absolute atomic E-state index is 13.2. The van der Waals surface area contributed by atoms with E-state index in [4.69, 9.17) is 0 Å². The van der Waals surface area contributed by atoms with Gasteiger partial charge in [-0.2, -0.15) is 18.3 Å². The number of halogens is 4. The van der Waals surface area contributed by atoms with Crippen molar-refractivity contribution in [3.8, 4) is 0 Å². The minimum absolute atomic E-state index is 0.0308. The van der Waals surface area contributed by atoms with Crippen LogP contribution in [-0.2, 0) is 17.4 Å². The molecule has 0 aromatic heterocycles. The standard InChI is InChI=1S/C13H12F4N2O/c1-2-19-12(20)7-11(18-19)5-8-3-9(13(15,16)17)6-10(14)4-8/h3-4,6H,2,5,7H2,1H3. The highest BCUT2D eigenvalue weighted by atomic mass is 19.4. The van der Waals surface area contributed by atoms with Gasteiger partial charge in [-0.05, 0) is 30.7 Å². The van der Waals surface area contributed by atoms with Crippen LogP contribution in [0.25, 0.3) is 0 Å². The first-order valence-corrected chi connectivity index (χ1v) is 6.03. The van der Waals surface area contributed by atoms with Crippen LogP contribution in [0, 0.1) is 5.82 Å². The lowest BCUT2D eigenvalue weighted by Crippen LogP contribution is -2.19. The van der Waals surface area contributed by atoms with E-state index in [0.717, 1.165) is 12.1 Å². The van der Waals surface area contributed by atoms with Crippen LogP contribution in [0.2, 0.25) is 0 Å². The normalized spacial score (nSPS) is 15.8. The number of hydrogen-bond acceptors (Lipinski definition) is 2. The van der Waals surface area contributed by atoms with E-state index in [-0.39, 0.29) is 24.3 Å². The van der Waals surface area contributed by atoms with Crippen LogP contribution in [-0.4, -0.2) is 23.2 Å². The molecule has 0 saturated carbocycles. The lowest BCUT2D eigenvalue weighted by atomic mass is 10.0. The van der Waals surface area contributed by atoms with E-state index in [9.17, 15) is 22.4 Å². The second-order valence-electron chi connectivity index (χ2n) is 4.48. The monoisotopic (exact) mass is 288 g/mol. The Morgan fingerprint density at radius 1 is 1.30 bits per heavy atom. The summed E-state index contributed by atoms with van der Waals surface area (Å²) in [5.74, 6) is -1.15. The first-order chi connectivity index (χ1) is 9.29. The molecule has 1 heterocycles. The van der Waals surface area contributed by atoms with Gasteiger partial charge in [0.05, 0.1) is 17.7 Å². The number of carbonyl (C=O) groups is 1. The first-order valence-electron chi connectivity index (χ1n) is 6.03. The van der Waals surface area contributed by atoms with E-state index in [1.807, 2.05) is 0 Å². The molecule has 0 saturated heterocycles. The third-order valence-corrected chi connectivity index (χ3v) is 2.90. The lowest BCUT2D eigenvalue weighted by Gasteiger charge is -2.09. The lowest BCUT2D eigenvalue weighted by molar-refractivity contribution is -0.137. The summed E-state index contributed by atoms with van der Waals surface area (Å²) in [6, 6.07) is 2.35. The fraction of sp³-hybridized carbons (Fsp3) is 0.385. The molecule has 1 aromatic rings. The molecular weight excluding hydrogens is 276 g/mol. The summed E-state index contributed by atoms with van der Waals surface area (Å²) in [7, 11) is 0. The fourth-order valence-electron chi connectivity index (χ4n) is 2.02. The number of benzene rings is 1. The van der Waals surface area contributed by atoms with Crippen molar-refractivity contribution in [2.24, 2.45) is 5.10 Å². The van der Waals surface area contributed by atoms with Crippen molar-refractivity contribution in [3.05, 3.63) is 35.1 Å². The van der Waals surface area contributed by atoms with E-state index in [0.29, 0.717) is 18.3 Å². The maximum atomic E-state index is 13.2. The summed E-state index contributed by atoms with van der Waals surface area (Å²) < 4.78 is 51.0. The number of hydrogen-bond donors (Lipinski definition) is 0. The Hall–Kier alpha value is -1.92. The van der Waals surface area contributed by atoms with Gasteiger partial charge in [0.25, 0.3) is 0 Å². The topological polar surface area (TPSA) is 32.7 Å². The van der Waals surface area contributed by atoms with Crippen molar-refractivity contribution in [1.82, 2.24) is 5.01 Å². The van der Waals surface area contributed by atoms with Crippen LogP contribution in [0.4, 0.5) is 17.6 Å². The molecule has 1 aliphatic heterocycles. The van der Waals surface area contributed by atoms with E-state index in [1.54, 1.807) is 6.92 Å². The highest BCUT2D eigenvalue weighted by molar-refractivity contribution is 6.05. The summed E-state index contributed by atoms with van der Waals surface area (Å²) in [6.07, 6.45) is -4.51. The Bertz CT molecular complexity index is 566. The van der Waals surface area contributed by atoms with Crippen molar-refractivity contribution < 1.29 is 22.4 Å². The fourth-order valence-corrected chi connectivity index (χ4v) is 2.02. The van der Waals surface area contributed by atoms with Gasteiger partial charge >= 0.3 is 6.18 Å². The molecule has 1 amide bonds. The molecule has 0 unspecified atom stereocenters. The molecule has 0 aliphatic carbocycles. The number of hydrazone groups is 1. The van der Waals surface area contributed by atoms with Crippen molar-refractivity contribution in [1.29, 1.82) is 0 Å². The molecule has 2 rings (SSSR count). The maximum Gasteiger partial charge on any atom is 0.416 e. The predicted molar refractivity (Wildman–Crippen MR) is 64.5 cm³/mol. The molecule has 3 nitrogen and oxygen atoms in total. The zero-order valence-corrected chi connectivity index (χ0v) is 10.7. The van der Waals surface area contributed by atoms with Crippen LogP contribution in [0.1, 0.15) is 24.5 Å². The van der Waals surface area contributed by atoms with E-state index < -0.39 is 17.6 Å². The van der Waals surface area contributed by atoms with E-state index in [2.05, 4.69) is 5.10 Å². The molecular formula is C13H12F4N2O. The van der Waals surface area contributed by atoms with Gasteiger partial charge in [-0.15, -0.1) is 0 Å². The van der Waals surface area contributed by atoms with Gasteiger partial charge in [0.1, 0.15) is 5.82 Å². The van der Waals surface area contributed by atoms with Crippen LogP contribution >= 0.6 is 0 Å². The summed E-state index contributed by atoms with van der Waals surface area (Å²) in [6.45, 7) is 2.15. The van der Waals surface area contributed by atoms with E-state index in [1.165, 1.54) is 5.01 Å². The Balaban J connectivity index is 2.23. The van der Waals surface area contributed by atoms with Crippen molar-refractivity contribution >= 4 is 11.6 Å². The molecule has 0 fully saturated rings. The third-order valence-electron chi connectivity index (χ3n) is 2.90. The molecule has 0 atom stereocenters. The molecule has 1 aliphatic rings. The van der Waals surface area contributed by atoms with Crippen molar-refractivity contribution in [3.63, 3.8) is 0 Å². The second-order valence-corrected chi connectivity index (χ2v) is 4.48. The Labute approximate surface area is 112 Å². The first kappa shape index (κ1) is 14.5. The third kappa shape index (κ3) is 3.15. The van der Waals surface area contributed by atoms with Crippen LogP contribution in [0.3, 0.4) is 0 Å². The second kappa shape index (κ2) is 5.22. The van der Waals surface area contributed by atoms with Gasteiger partial charge in [0, 0.05) is 13.0 Å². The van der Waals surface area contributed by atoms with Crippen molar-refractivity contribution in [2.45, 2.75) is 25.9 Å². The number of alkyl halides is 3. The van der Waals surface area contributed by atoms with Gasteiger partial charge in [-0.25, -0.2) is 9.40 Å². The molecule has 108 valence electrons. The van der Waals surface area contributed by atoms with Gasteiger partial charge in [-0.1, -0.05) is 0 Å². The zero-order valence-electron chi connectivity index (χ0n) is 10.7. The van der Waals surface area contributed by atoms with Gasteiger partial charge < -0.3 is 0 Å². The van der Waals surface area contributed by atoms with Gasteiger partial charge in [0.2, 0.25) is 5.91 Å². The smallest absolute Gasteiger partial charge is 0.273 e. The molecule has 1 aromatic carbocycles. The Morgan fingerprint density at radius 2 is 2.00 bits per heavy atom. The summed E-state index contributed by atoms with van der Waals surface area (Å²) >= 11 is 0. The molecule has 0 spiro atoms. The predicted octanol–water partition coefficient (Wildman–Crippen LogP) is 3.00. The van der Waals surface area contributed by atoms with E-state index >= 15 is 0 Å². The quantitative estimate of drug-likeness (QED) is 0.787. The van der Waals surface area contributed by atoms with Crippen LogP contribution < -0.4 is 0 Å². The Morgan fingerprint density at radius 3 is 2.55 bits per heavy atom. The number of carbonyl (C=O) groups excluding carboxylic acids is 1. The van der Waals surface area contributed by atoms with Gasteiger partial charge in [0.15, 0.2) is 0 Å². The highest BCUT2D eigenvalue weighted by Gasteiger charge is 2.31. The minimum Gasteiger partial charge on any atom is -0.273 e. The molecule has 0 bridgehead atoms. The minimum atomic E-state index is -4.60. The SMILES string of the molecule is CCN1N=C(Cc2cc(F)cc(C(F)(F)F)c2)CC1=O. The average Bonchev–Trinajstić information content (AvgIpc) is 2.67. The average molecular weight is 288 g/mol. The number of amides is 1. The van der Waals surface area contributed by atoms with Crippen LogP contribution in [0.5, 0.6) is 0 Å². The molecule has 7 heteroatoms.